The zero-order valence-corrected chi connectivity index (χ0v) is 16.2. The molecule has 3 rings (SSSR count). The Labute approximate surface area is 162 Å². The summed E-state index contributed by atoms with van der Waals surface area (Å²) in [7, 11) is 0. The van der Waals surface area contributed by atoms with Gasteiger partial charge in [-0.25, -0.2) is 0 Å². The van der Waals surface area contributed by atoms with Gasteiger partial charge in [0.05, 0.1) is 11.2 Å². The normalized spacial score (nSPS) is 23.8. The molecule has 2 amide bonds. The molecule has 1 aromatic rings. The molecule has 2 unspecified atom stereocenters. The van der Waals surface area contributed by atoms with E-state index >= 15 is 0 Å². The molecule has 2 atom stereocenters. The van der Waals surface area contributed by atoms with Crippen LogP contribution in [0.4, 0.5) is 0 Å². The highest BCUT2D eigenvalue weighted by Gasteiger charge is 2.41. The van der Waals surface area contributed by atoms with E-state index in [4.69, 9.17) is 16.6 Å². The quantitative estimate of drug-likeness (QED) is 0.611. The summed E-state index contributed by atoms with van der Waals surface area (Å²) in [6, 6.07) is 2.87. The monoisotopic (exact) mass is 394 g/mol. The summed E-state index contributed by atoms with van der Waals surface area (Å²) in [4.78, 5) is 29.5. The van der Waals surface area contributed by atoms with Crippen molar-refractivity contribution in [1.29, 1.82) is 0 Å². The third-order valence-electron chi connectivity index (χ3n) is 4.76. The maximum atomic E-state index is 13.0. The first-order chi connectivity index (χ1) is 12.5. The molecule has 2 aliphatic heterocycles. The zero-order valence-electron chi connectivity index (χ0n) is 14.6. The van der Waals surface area contributed by atoms with Crippen LogP contribution < -0.4 is 0 Å². The minimum Gasteiger partial charge on any atom is -0.465 e. The molecule has 8 heteroatoms. The number of aliphatic hydroxyl groups excluding tert-OH is 1. The number of furan rings is 1. The number of nitrogens with zero attached hydrogens (tertiary/aromatic N) is 2. The molecule has 0 radical (unpaired) electrons. The first-order valence-corrected chi connectivity index (χ1v) is 9.97. The van der Waals surface area contributed by atoms with E-state index in [9.17, 15) is 14.7 Å². The Morgan fingerprint density at radius 1 is 1.54 bits per heavy atom. The number of carbonyl (C=O) groups is 2. The maximum Gasteiger partial charge on any atom is 0.267 e. The van der Waals surface area contributed by atoms with Gasteiger partial charge in [-0.3, -0.25) is 14.5 Å². The van der Waals surface area contributed by atoms with Gasteiger partial charge < -0.3 is 14.4 Å². The van der Waals surface area contributed by atoms with Crippen LogP contribution in [0.25, 0.3) is 6.08 Å². The van der Waals surface area contributed by atoms with Gasteiger partial charge in [0.25, 0.3) is 5.91 Å². The number of amides is 2. The van der Waals surface area contributed by atoms with Crippen LogP contribution >= 0.6 is 24.0 Å². The number of thioether (sulfide) groups is 1. The van der Waals surface area contributed by atoms with Gasteiger partial charge >= 0.3 is 0 Å². The number of carbonyl (C=O) groups excluding carboxylic acids is 2. The highest BCUT2D eigenvalue weighted by molar-refractivity contribution is 8.26. The summed E-state index contributed by atoms with van der Waals surface area (Å²) < 4.78 is 5.63. The number of likely N-dealkylation sites (tertiary alicyclic amines) is 1. The standard InChI is InChI=1S/C18H22N2O4S2/c1-12(16(22)19-8-3-2-5-13(19)7-9-21)20-17(23)15(26-18(20)25)11-14-6-4-10-24-14/h4,6,10-13,21H,2-3,5,7-9H2,1H3/b15-11-. The highest BCUT2D eigenvalue weighted by atomic mass is 32.2. The van der Waals surface area contributed by atoms with Gasteiger partial charge in [-0.1, -0.05) is 24.0 Å². The van der Waals surface area contributed by atoms with Crippen LogP contribution in [0.15, 0.2) is 27.7 Å². The van der Waals surface area contributed by atoms with E-state index in [-0.39, 0.29) is 24.5 Å². The van der Waals surface area contributed by atoms with E-state index in [0.29, 0.717) is 28.0 Å². The average molecular weight is 395 g/mol. The van der Waals surface area contributed by atoms with Crippen LogP contribution in [0.2, 0.25) is 0 Å². The van der Waals surface area contributed by atoms with Gasteiger partial charge in [-0.2, -0.15) is 0 Å². The molecule has 0 spiro atoms. The van der Waals surface area contributed by atoms with E-state index in [0.717, 1.165) is 19.3 Å². The summed E-state index contributed by atoms with van der Waals surface area (Å²) in [5, 5.41) is 9.27. The fourth-order valence-corrected chi connectivity index (χ4v) is 4.81. The number of thiocarbonyl (C=S) groups is 1. The van der Waals surface area contributed by atoms with Gasteiger partial charge in [-0.15, -0.1) is 0 Å². The minimum absolute atomic E-state index is 0.0285. The molecule has 0 bridgehead atoms. The van der Waals surface area contributed by atoms with Crippen molar-refractivity contribution in [2.24, 2.45) is 0 Å². The fourth-order valence-electron chi connectivity index (χ4n) is 3.41. The predicted octanol–water partition coefficient (Wildman–Crippen LogP) is 2.63. The molecule has 6 nitrogen and oxygen atoms in total. The van der Waals surface area contributed by atoms with Crippen molar-refractivity contribution >= 4 is 46.2 Å². The largest absolute Gasteiger partial charge is 0.465 e. The Morgan fingerprint density at radius 3 is 3.04 bits per heavy atom. The molecule has 2 aliphatic rings. The van der Waals surface area contributed by atoms with Crippen LogP contribution in [0.1, 0.15) is 38.4 Å². The second-order valence-electron chi connectivity index (χ2n) is 6.44. The molecular formula is C18H22N2O4S2. The topological polar surface area (TPSA) is 74.0 Å². The van der Waals surface area contributed by atoms with Crippen molar-refractivity contribution < 1.29 is 19.1 Å². The molecular weight excluding hydrogens is 372 g/mol. The molecule has 0 saturated carbocycles. The van der Waals surface area contributed by atoms with E-state index in [1.54, 1.807) is 30.0 Å². The first kappa shape index (κ1) is 19.1. The summed E-state index contributed by atoms with van der Waals surface area (Å²) in [6.45, 7) is 2.42. The van der Waals surface area contributed by atoms with Crippen molar-refractivity contribution in [2.75, 3.05) is 13.2 Å². The van der Waals surface area contributed by atoms with Crippen LogP contribution in [0.5, 0.6) is 0 Å². The van der Waals surface area contributed by atoms with Crippen molar-refractivity contribution in [1.82, 2.24) is 9.80 Å². The maximum absolute atomic E-state index is 13.0. The molecule has 1 aromatic heterocycles. The molecule has 3 heterocycles. The molecule has 2 saturated heterocycles. The van der Waals surface area contributed by atoms with Crippen molar-refractivity contribution in [3.05, 3.63) is 29.1 Å². The van der Waals surface area contributed by atoms with Crippen LogP contribution in [-0.2, 0) is 9.59 Å². The number of rotatable bonds is 5. The molecule has 140 valence electrons. The lowest BCUT2D eigenvalue weighted by Crippen LogP contribution is -2.53. The lowest BCUT2D eigenvalue weighted by molar-refractivity contribution is -0.142. The van der Waals surface area contributed by atoms with Gasteiger partial charge in [-0.05, 0) is 44.7 Å². The summed E-state index contributed by atoms with van der Waals surface area (Å²) in [5.74, 6) is 0.190. The Morgan fingerprint density at radius 2 is 2.35 bits per heavy atom. The Hall–Kier alpha value is -1.64. The van der Waals surface area contributed by atoms with E-state index < -0.39 is 6.04 Å². The van der Waals surface area contributed by atoms with Gasteiger partial charge in [0.2, 0.25) is 5.91 Å². The third-order valence-corrected chi connectivity index (χ3v) is 6.09. The Balaban J connectivity index is 1.76. The summed E-state index contributed by atoms with van der Waals surface area (Å²) in [6.07, 6.45) is 6.63. The van der Waals surface area contributed by atoms with Crippen molar-refractivity contribution in [3.63, 3.8) is 0 Å². The van der Waals surface area contributed by atoms with Gasteiger partial charge in [0, 0.05) is 25.3 Å². The lowest BCUT2D eigenvalue weighted by Gasteiger charge is -2.38. The van der Waals surface area contributed by atoms with Crippen LogP contribution in [0, 0.1) is 0 Å². The smallest absolute Gasteiger partial charge is 0.267 e. The molecule has 0 aromatic carbocycles. The van der Waals surface area contributed by atoms with Gasteiger partial charge in [0.15, 0.2) is 0 Å². The van der Waals surface area contributed by atoms with Crippen molar-refractivity contribution in [3.8, 4) is 0 Å². The zero-order chi connectivity index (χ0) is 18.7. The summed E-state index contributed by atoms with van der Waals surface area (Å²) in [5.41, 5.74) is 0. The van der Waals surface area contributed by atoms with Crippen molar-refractivity contribution in [2.45, 2.75) is 44.7 Å². The molecule has 2 fully saturated rings. The third kappa shape index (κ3) is 3.87. The SMILES string of the molecule is CC(C(=O)N1CCCCC1CCO)N1C(=O)/C(=C/c2ccco2)SC1=S. The van der Waals surface area contributed by atoms with Crippen LogP contribution in [-0.4, -0.2) is 56.3 Å². The van der Waals surface area contributed by atoms with E-state index in [2.05, 4.69) is 0 Å². The van der Waals surface area contributed by atoms with Gasteiger partial charge in [0.1, 0.15) is 16.1 Å². The second kappa shape index (κ2) is 8.37. The number of hydrogen-bond donors (Lipinski definition) is 1. The highest BCUT2D eigenvalue weighted by Crippen LogP contribution is 2.34. The van der Waals surface area contributed by atoms with Crippen LogP contribution in [0.3, 0.4) is 0 Å². The number of aliphatic hydroxyl groups is 1. The Bertz CT molecular complexity index is 715. The molecule has 0 aliphatic carbocycles. The number of hydrogen-bond acceptors (Lipinski definition) is 6. The van der Waals surface area contributed by atoms with E-state index in [1.807, 2.05) is 0 Å². The first-order valence-electron chi connectivity index (χ1n) is 8.75. The minimum atomic E-state index is -0.663. The lowest BCUT2D eigenvalue weighted by atomic mass is 9.98. The molecule has 26 heavy (non-hydrogen) atoms. The Kier molecular flexibility index (Phi) is 6.16. The molecule has 1 N–H and O–H groups in total. The number of piperidine rings is 1. The van der Waals surface area contributed by atoms with E-state index in [1.165, 1.54) is 22.9 Å². The summed E-state index contributed by atoms with van der Waals surface area (Å²) >= 11 is 6.54. The second-order valence-corrected chi connectivity index (χ2v) is 8.11. The fraction of sp³-hybridized carbons (Fsp3) is 0.500. The average Bonchev–Trinajstić information content (AvgIpc) is 3.23. The predicted molar refractivity (Wildman–Crippen MR) is 104 cm³/mol.